The Balaban J connectivity index is 1.51. The molecule has 2 aliphatic heterocycles. The van der Waals surface area contributed by atoms with Crippen molar-refractivity contribution in [1.82, 2.24) is 15.1 Å². The third kappa shape index (κ3) is 6.09. The summed E-state index contributed by atoms with van der Waals surface area (Å²) in [4.78, 5) is 9.76. The van der Waals surface area contributed by atoms with Gasteiger partial charge in [0.1, 0.15) is 17.7 Å². The minimum Gasteiger partial charge on any atom is -0.489 e. The number of benzene rings is 1. The van der Waals surface area contributed by atoms with E-state index in [9.17, 15) is 4.39 Å². The molecule has 0 radical (unpaired) electrons. The summed E-state index contributed by atoms with van der Waals surface area (Å²) in [7, 11) is 0. The van der Waals surface area contributed by atoms with Crippen molar-refractivity contribution in [3.8, 4) is 5.75 Å². The van der Waals surface area contributed by atoms with Crippen LogP contribution in [0.5, 0.6) is 5.75 Å². The number of guanidine groups is 1. The molecule has 27 heavy (non-hydrogen) atoms. The van der Waals surface area contributed by atoms with Crippen LogP contribution < -0.4 is 10.1 Å². The standard InChI is InChI=1S/C21H33FN4O/c1-3-23-21(24-14-17(2)27-20-8-6-7-19(22)13-20)26-12-9-18(16-26)15-25-10-4-5-11-25/h6-8,13,17-18H,3-5,9-12,14-16H2,1-2H3,(H,23,24). The number of ether oxygens (including phenoxy) is 1. The van der Waals surface area contributed by atoms with E-state index in [1.807, 2.05) is 6.92 Å². The second-order valence-corrected chi connectivity index (χ2v) is 7.69. The number of hydrogen-bond donors (Lipinski definition) is 1. The van der Waals surface area contributed by atoms with Crippen molar-refractivity contribution in [2.24, 2.45) is 10.9 Å². The topological polar surface area (TPSA) is 40.1 Å². The number of nitrogens with one attached hydrogen (secondary N) is 1. The van der Waals surface area contributed by atoms with Crippen LogP contribution in [-0.2, 0) is 0 Å². The van der Waals surface area contributed by atoms with Crippen LogP contribution in [0.2, 0.25) is 0 Å². The molecule has 1 aromatic rings. The zero-order valence-electron chi connectivity index (χ0n) is 16.7. The van der Waals surface area contributed by atoms with Crippen molar-refractivity contribution in [1.29, 1.82) is 0 Å². The lowest BCUT2D eigenvalue weighted by atomic mass is 10.1. The molecular formula is C21H33FN4O. The predicted octanol–water partition coefficient (Wildman–Crippen LogP) is 2.98. The van der Waals surface area contributed by atoms with Gasteiger partial charge in [0.2, 0.25) is 0 Å². The van der Waals surface area contributed by atoms with Gasteiger partial charge in [-0.15, -0.1) is 0 Å². The first-order chi connectivity index (χ1) is 13.1. The highest BCUT2D eigenvalue weighted by Gasteiger charge is 2.27. The molecule has 2 heterocycles. The molecule has 2 aliphatic rings. The van der Waals surface area contributed by atoms with Gasteiger partial charge in [-0.05, 0) is 64.3 Å². The molecule has 2 atom stereocenters. The summed E-state index contributed by atoms with van der Waals surface area (Å²) in [6.07, 6.45) is 3.83. The van der Waals surface area contributed by atoms with Crippen molar-refractivity contribution in [3.63, 3.8) is 0 Å². The Morgan fingerprint density at radius 1 is 1.33 bits per heavy atom. The van der Waals surface area contributed by atoms with Crippen LogP contribution in [0.3, 0.4) is 0 Å². The lowest BCUT2D eigenvalue weighted by Gasteiger charge is -2.24. The van der Waals surface area contributed by atoms with E-state index in [1.165, 1.54) is 51.0 Å². The number of aliphatic imine (C=N–C) groups is 1. The first-order valence-electron chi connectivity index (χ1n) is 10.3. The van der Waals surface area contributed by atoms with Crippen molar-refractivity contribution in [3.05, 3.63) is 30.1 Å². The average Bonchev–Trinajstić information content (AvgIpc) is 3.31. The van der Waals surface area contributed by atoms with E-state index in [2.05, 4.69) is 22.0 Å². The van der Waals surface area contributed by atoms with Crippen LogP contribution in [0.4, 0.5) is 4.39 Å². The van der Waals surface area contributed by atoms with E-state index in [0.29, 0.717) is 12.3 Å². The molecule has 150 valence electrons. The van der Waals surface area contributed by atoms with Crippen LogP contribution in [0.25, 0.3) is 0 Å². The van der Waals surface area contributed by atoms with E-state index < -0.39 is 0 Å². The number of likely N-dealkylation sites (tertiary alicyclic amines) is 2. The monoisotopic (exact) mass is 376 g/mol. The van der Waals surface area contributed by atoms with Crippen LogP contribution in [0.1, 0.15) is 33.1 Å². The number of nitrogens with zero attached hydrogens (tertiary/aromatic N) is 3. The van der Waals surface area contributed by atoms with E-state index in [1.54, 1.807) is 12.1 Å². The zero-order chi connectivity index (χ0) is 19.1. The fourth-order valence-electron chi connectivity index (χ4n) is 3.96. The molecule has 0 aliphatic carbocycles. The summed E-state index contributed by atoms with van der Waals surface area (Å²) >= 11 is 0. The van der Waals surface area contributed by atoms with Gasteiger partial charge in [-0.3, -0.25) is 0 Å². The van der Waals surface area contributed by atoms with Crippen LogP contribution in [-0.4, -0.2) is 67.7 Å². The lowest BCUT2D eigenvalue weighted by Crippen LogP contribution is -2.41. The Kier molecular flexibility index (Phi) is 7.33. The van der Waals surface area contributed by atoms with Gasteiger partial charge in [-0.2, -0.15) is 0 Å². The van der Waals surface area contributed by atoms with Crippen LogP contribution in [0, 0.1) is 11.7 Å². The van der Waals surface area contributed by atoms with Gasteiger partial charge in [0.25, 0.3) is 0 Å². The smallest absolute Gasteiger partial charge is 0.194 e. The third-order valence-corrected chi connectivity index (χ3v) is 5.27. The molecule has 3 rings (SSSR count). The Hall–Kier alpha value is -1.82. The Labute approximate surface area is 162 Å². The second-order valence-electron chi connectivity index (χ2n) is 7.69. The fraction of sp³-hybridized carbons (Fsp3) is 0.667. The second kappa shape index (κ2) is 9.93. The maximum Gasteiger partial charge on any atom is 0.194 e. The maximum absolute atomic E-state index is 13.3. The van der Waals surface area contributed by atoms with Gasteiger partial charge in [0.15, 0.2) is 5.96 Å². The van der Waals surface area contributed by atoms with Gasteiger partial charge in [0, 0.05) is 32.2 Å². The summed E-state index contributed by atoms with van der Waals surface area (Å²) < 4.78 is 19.1. The fourth-order valence-corrected chi connectivity index (χ4v) is 3.96. The highest BCUT2D eigenvalue weighted by atomic mass is 19.1. The molecule has 0 aromatic heterocycles. The van der Waals surface area contributed by atoms with Gasteiger partial charge in [0.05, 0.1) is 6.54 Å². The largest absolute Gasteiger partial charge is 0.489 e. The zero-order valence-corrected chi connectivity index (χ0v) is 16.7. The van der Waals surface area contributed by atoms with E-state index >= 15 is 0 Å². The Morgan fingerprint density at radius 3 is 2.89 bits per heavy atom. The predicted molar refractivity (Wildman–Crippen MR) is 108 cm³/mol. The Morgan fingerprint density at radius 2 is 2.15 bits per heavy atom. The van der Waals surface area contributed by atoms with E-state index in [4.69, 9.17) is 9.73 Å². The van der Waals surface area contributed by atoms with Gasteiger partial charge >= 0.3 is 0 Å². The molecule has 0 bridgehead atoms. The molecule has 0 amide bonds. The average molecular weight is 377 g/mol. The minimum atomic E-state index is -0.280. The number of halogens is 1. The van der Waals surface area contributed by atoms with Gasteiger partial charge in [-0.1, -0.05) is 6.07 Å². The molecule has 2 saturated heterocycles. The molecule has 0 spiro atoms. The van der Waals surface area contributed by atoms with E-state index in [-0.39, 0.29) is 11.9 Å². The number of rotatable bonds is 7. The first kappa shape index (κ1) is 19.9. The quantitative estimate of drug-likeness (QED) is 0.587. The Bertz CT molecular complexity index is 618. The SMILES string of the molecule is CCNC(=NCC(C)Oc1cccc(F)c1)N1CCC(CN2CCCC2)C1. The summed E-state index contributed by atoms with van der Waals surface area (Å²) in [6.45, 7) is 11.3. The van der Waals surface area contributed by atoms with Gasteiger partial charge in [-0.25, -0.2) is 9.38 Å². The minimum absolute atomic E-state index is 0.108. The summed E-state index contributed by atoms with van der Waals surface area (Å²) in [5.41, 5.74) is 0. The van der Waals surface area contributed by atoms with E-state index in [0.717, 1.165) is 31.5 Å². The lowest BCUT2D eigenvalue weighted by molar-refractivity contribution is 0.228. The molecule has 6 heteroatoms. The molecule has 2 unspecified atom stereocenters. The van der Waals surface area contributed by atoms with Crippen LogP contribution in [0.15, 0.2) is 29.3 Å². The van der Waals surface area contributed by atoms with Crippen molar-refractivity contribution >= 4 is 5.96 Å². The summed E-state index contributed by atoms with van der Waals surface area (Å²) in [6, 6.07) is 6.27. The van der Waals surface area contributed by atoms with Crippen molar-refractivity contribution < 1.29 is 9.13 Å². The molecular weight excluding hydrogens is 343 g/mol. The van der Waals surface area contributed by atoms with Crippen molar-refractivity contribution in [2.75, 3.05) is 45.8 Å². The number of hydrogen-bond acceptors (Lipinski definition) is 3. The molecule has 0 saturated carbocycles. The van der Waals surface area contributed by atoms with Gasteiger partial charge < -0.3 is 19.9 Å². The molecule has 2 fully saturated rings. The normalized spacial score (nSPS) is 22.3. The molecule has 1 aromatic carbocycles. The summed E-state index contributed by atoms with van der Waals surface area (Å²) in [5.74, 6) is 1.97. The molecule has 1 N–H and O–H groups in total. The van der Waals surface area contributed by atoms with Crippen LogP contribution >= 0.6 is 0 Å². The third-order valence-electron chi connectivity index (χ3n) is 5.27. The maximum atomic E-state index is 13.3. The highest BCUT2D eigenvalue weighted by Crippen LogP contribution is 2.20. The first-order valence-corrected chi connectivity index (χ1v) is 10.3. The highest BCUT2D eigenvalue weighted by molar-refractivity contribution is 5.80. The molecule has 5 nitrogen and oxygen atoms in total. The summed E-state index contributed by atoms with van der Waals surface area (Å²) in [5, 5.41) is 3.41. The van der Waals surface area contributed by atoms with Crippen molar-refractivity contribution in [2.45, 2.75) is 39.2 Å².